The summed E-state index contributed by atoms with van der Waals surface area (Å²) in [5.74, 6) is 0. The number of aromatic nitrogens is 4. The van der Waals surface area contributed by atoms with E-state index in [0.717, 1.165) is 4.57 Å². The zero-order valence-corrected chi connectivity index (χ0v) is 10.4. The van der Waals surface area contributed by atoms with E-state index >= 15 is 0 Å². The van der Waals surface area contributed by atoms with Gasteiger partial charge in [0.05, 0.1) is 13.0 Å². The van der Waals surface area contributed by atoms with Gasteiger partial charge in [0.15, 0.2) is 11.2 Å². The average molecular weight is 266 g/mol. The van der Waals surface area contributed by atoms with Crippen molar-refractivity contribution in [2.45, 2.75) is 25.9 Å². The predicted octanol–water partition coefficient (Wildman–Crippen LogP) is 0.822. The molecule has 2 heterocycles. The average Bonchev–Trinajstić information content (AvgIpc) is 2.77. The third-order valence-corrected chi connectivity index (χ3v) is 2.85. The Hall–Kier alpha value is -2.18. The summed E-state index contributed by atoms with van der Waals surface area (Å²) in [7, 11) is 0. The fourth-order valence-electron chi connectivity index (χ4n) is 1.93. The lowest BCUT2D eigenvalue weighted by molar-refractivity contribution is 0.442. The van der Waals surface area contributed by atoms with E-state index in [1.807, 2.05) is 0 Å². The van der Waals surface area contributed by atoms with E-state index in [1.165, 1.54) is 6.33 Å². The van der Waals surface area contributed by atoms with Crippen LogP contribution in [0, 0.1) is 0 Å². The van der Waals surface area contributed by atoms with E-state index in [2.05, 4.69) is 16.5 Å². The van der Waals surface area contributed by atoms with Crippen molar-refractivity contribution in [2.75, 3.05) is 6.67 Å². The molecule has 0 fully saturated rings. The van der Waals surface area contributed by atoms with E-state index in [-0.39, 0.29) is 12.2 Å². The summed E-state index contributed by atoms with van der Waals surface area (Å²) in [6.07, 6.45) is 3.89. The smallest absolute Gasteiger partial charge is 0.321 e. The van der Waals surface area contributed by atoms with Gasteiger partial charge in [-0.1, -0.05) is 6.08 Å². The highest BCUT2D eigenvalue weighted by atomic mass is 19.1. The molecule has 0 amide bonds. The molecule has 0 aromatic carbocycles. The molecular formula is C12H15FN4O2. The third-order valence-electron chi connectivity index (χ3n) is 2.85. The van der Waals surface area contributed by atoms with Crippen LogP contribution in [0.2, 0.25) is 0 Å². The van der Waals surface area contributed by atoms with Gasteiger partial charge >= 0.3 is 5.69 Å². The van der Waals surface area contributed by atoms with Crippen LogP contribution in [0.15, 0.2) is 28.6 Å². The zero-order valence-electron chi connectivity index (χ0n) is 10.4. The third kappa shape index (κ3) is 2.49. The Balaban J connectivity index is 2.52. The molecule has 19 heavy (non-hydrogen) atoms. The maximum Gasteiger partial charge on any atom is 0.330 e. The van der Waals surface area contributed by atoms with Gasteiger partial charge in [-0.2, -0.15) is 0 Å². The number of hydrogen-bond donors (Lipinski definition) is 1. The topological polar surface area (TPSA) is 72.7 Å². The number of nitrogens with zero attached hydrogens (tertiary/aromatic N) is 3. The number of nitrogens with one attached hydrogen (secondary N) is 1. The molecule has 2 aromatic heterocycles. The molecule has 2 aromatic rings. The Kier molecular flexibility index (Phi) is 3.94. The van der Waals surface area contributed by atoms with Gasteiger partial charge in [-0.25, -0.2) is 9.78 Å². The summed E-state index contributed by atoms with van der Waals surface area (Å²) < 4.78 is 14.8. The highest BCUT2D eigenvalue weighted by Crippen LogP contribution is 2.03. The lowest BCUT2D eigenvalue weighted by Gasteiger charge is -2.05. The lowest BCUT2D eigenvalue weighted by Crippen LogP contribution is -2.35. The molecule has 0 aliphatic rings. The lowest BCUT2D eigenvalue weighted by atomic mass is 10.3. The van der Waals surface area contributed by atoms with Crippen LogP contribution >= 0.6 is 0 Å². The molecular weight excluding hydrogens is 251 g/mol. The second-order valence-corrected chi connectivity index (χ2v) is 4.17. The summed E-state index contributed by atoms with van der Waals surface area (Å²) >= 11 is 0. The summed E-state index contributed by atoms with van der Waals surface area (Å²) in [5, 5.41) is 0. The predicted molar refractivity (Wildman–Crippen MR) is 70.0 cm³/mol. The van der Waals surface area contributed by atoms with Crippen LogP contribution in [0.1, 0.15) is 12.8 Å². The monoisotopic (exact) mass is 266 g/mol. The summed E-state index contributed by atoms with van der Waals surface area (Å²) in [6, 6.07) is 0. The first-order valence-corrected chi connectivity index (χ1v) is 6.04. The highest BCUT2D eigenvalue weighted by Gasteiger charge is 2.12. The van der Waals surface area contributed by atoms with Gasteiger partial charge in [-0.15, -0.1) is 6.58 Å². The van der Waals surface area contributed by atoms with Crippen LogP contribution in [0.5, 0.6) is 0 Å². The summed E-state index contributed by atoms with van der Waals surface area (Å²) in [5.41, 5.74) is -0.324. The number of rotatable bonds is 6. The van der Waals surface area contributed by atoms with E-state index < -0.39 is 17.9 Å². The first-order chi connectivity index (χ1) is 9.19. The van der Waals surface area contributed by atoms with Crippen LogP contribution in [0.25, 0.3) is 11.2 Å². The fraction of sp³-hybridized carbons (Fsp3) is 0.417. The number of aromatic amines is 1. The first-order valence-electron chi connectivity index (χ1n) is 6.04. The van der Waals surface area contributed by atoms with Crippen LogP contribution in [-0.2, 0) is 13.1 Å². The molecule has 0 bridgehead atoms. The molecule has 2 rings (SSSR count). The van der Waals surface area contributed by atoms with Gasteiger partial charge in [-0.3, -0.25) is 18.7 Å². The van der Waals surface area contributed by atoms with Gasteiger partial charge in [0, 0.05) is 13.1 Å². The Morgan fingerprint density at radius 1 is 1.42 bits per heavy atom. The summed E-state index contributed by atoms with van der Waals surface area (Å²) in [4.78, 5) is 30.5. The molecule has 0 radical (unpaired) electrons. The Labute approximate surface area is 108 Å². The van der Waals surface area contributed by atoms with E-state index in [4.69, 9.17) is 0 Å². The Morgan fingerprint density at radius 3 is 2.89 bits per heavy atom. The number of halogens is 1. The molecule has 0 unspecified atom stereocenters. The SMILES string of the molecule is C=CCn1cnc2[nH]c(=O)n(CCCCF)c(=O)c21. The minimum atomic E-state index is -0.514. The van der Waals surface area contributed by atoms with Crippen molar-refractivity contribution in [2.24, 2.45) is 0 Å². The van der Waals surface area contributed by atoms with Gasteiger partial charge < -0.3 is 4.57 Å². The first kappa shape index (κ1) is 13.3. The number of H-pyrrole nitrogens is 1. The minimum Gasteiger partial charge on any atom is -0.321 e. The second kappa shape index (κ2) is 5.64. The second-order valence-electron chi connectivity index (χ2n) is 4.17. The van der Waals surface area contributed by atoms with Crippen molar-refractivity contribution in [1.82, 2.24) is 19.1 Å². The molecule has 0 spiro atoms. The van der Waals surface area contributed by atoms with Crippen molar-refractivity contribution in [3.8, 4) is 0 Å². The maximum absolute atomic E-state index is 12.3. The number of hydrogen-bond acceptors (Lipinski definition) is 3. The standard InChI is InChI=1S/C12H15FN4O2/c1-2-6-16-8-14-10-9(16)11(18)17(12(19)15-10)7-4-3-5-13/h2,8H,1,3-7H2,(H,15,19). The fourth-order valence-corrected chi connectivity index (χ4v) is 1.93. The van der Waals surface area contributed by atoms with Crippen LogP contribution in [-0.4, -0.2) is 25.8 Å². The van der Waals surface area contributed by atoms with Crippen molar-refractivity contribution < 1.29 is 4.39 Å². The molecule has 0 aliphatic heterocycles. The molecule has 0 saturated carbocycles. The largest absolute Gasteiger partial charge is 0.330 e. The van der Waals surface area contributed by atoms with Crippen LogP contribution in [0.3, 0.4) is 0 Å². The number of alkyl halides is 1. The molecule has 0 saturated heterocycles. The van der Waals surface area contributed by atoms with Crippen molar-refractivity contribution >= 4 is 11.2 Å². The van der Waals surface area contributed by atoms with E-state index in [1.54, 1.807) is 10.6 Å². The Bertz CT molecular complexity index is 698. The quantitative estimate of drug-likeness (QED) is 0.621. The van der Waals surface area contributed by atoms with E-state index in [9.17, 15) is 14.0 Å². The van der Waals surface area contributed by atoms with Crippen molar-refractivity contribution in [3.05, 3.63) is 39.8 Å². The molecule has 0 aliphatic carbocycles. The van der Waals surface area contributed by atoms with Crippen LogP contribution < -0.4 is 11.2 Å². The maximum atomic E-state index is 12.3. The van der Waals surface area contributed by atoms with E-state index in [0.29, 0.717) is 24.9 Å². The number of imidazole rings is 1. The number of fused-ring (bicyclic) bond motifs is 1. The molecule has 1 N–H and O–H groups in total. The number of unbranched alkanes of at least 4 members (excludes halogenated alkanes) is 1. The minimum absolute atomic E-state index is 0.202. The normalized spacial score (nSPS) is 11.0. The van der Waals surface area contributed by atoms with Gasteiger partial charge in [0.1, 0.15) is 0 Å². The summed E-state index contributed by atoms with van der Waals surface area (Å²) in [6.45, 7) is 3.78. The van der Waals surface area contributed by atoms with Gasteiger partial charge in [-0.05, 0) is 12.8 Å². The van der Waals surface area contributed by atoms with Gasteiger partial charge in [0.25, 0.3) is 5.56 Å². The van der Waals surface area contributed by atoms with Crippen molar-refractivity contribution in [1.29, 1.82) is 0 Å². The van der Waals surface area contributed by atoms with Crippen molar-refractivity contribution in [3.63, 3.8) is 0 Å². The molecule has 0 atom stereocenters. The zero-order chi connectivity index (χ0) is 13.8. The Morgan fingerprint density at radius 2 is 2.21 bits per heavy atom. The molecule has 102 valence electrons. The highest BCUT2D eigenvalue weighted by molar-refractivity contribution is 5.69. The number of allylic oxidation sites excluding steroid dienone is 1. The van der Waals surface area contributed by atoms with Gasteiger partial charge in [0.2, 0.25) is 0 Å². The van der Waals surface area contributed by atoms with Crippen LogP contribution in [0.4, 0.5) is 4.39 Å². The molecule has 6 nitrogen and oxygen atoms in total. The molecule has 7 heteroatoms.